The van der Waals surface area contributed by atoms with E-state index in [-0.39, 0.29) is 19.5 Å². The first-order chi connectivity index (χ1) is 3.46. The van der Waals surface area contributed by atoms with Gasteiger partial charge in [0.25, 0.3) is 0 Å². The van der Waals surface area contributed by atoms with E-state index in [1.165, 1.54) is 0 Å². The van der Waals surface area contributed by atoms with Crippen molar-refractivity contribution in [3.63, 3.8) is 0 Å². The van der Waals surface area contributed by atoms with Crippen LogP contribution < -0.4 is 9.79 Å². The van der Waals surface area contributed by atoms with Crippen LogP contribution >= 0.6 is 15.8 Å². The van der Waals surface area contributed by atoms with Crippen LogP contribution in [0.4, 0.5) is 0 Å². The van der Waals surface area contributed by atoms with Crippen LogP contribution in [0.1, 0.15) is 0 Å². The fourth-order valence-electron chi connectivity index (χ4n) is 0. The van der Waals surface area contributed by atoms with Crippen molar-refractivity contribution in [2.45, 2.75) is 0 Å². The minimum atomic E-state index is -3.37. The van der Waals surface area contributed by atoms with Gasteiger partial charge in [0.05, 0.1) is 0 Å². The predicted octanol–water partition coefficient (Wildman–Crippen LogP) is -1.13. The molecular weight excluding hydrogens is 223 g/mol. The van der Waals surface area contributed by atoms with Crippen molar-refractivity contribution >= 4 is 15.8 Å². The molecule has 0 aliphatic carbocycles. The molecule has 0 radical (unpaired) electrons. The van der Waals surface area contributed by atoms with Crippen molar-refractivity contribution in [2.75, 3.05) is 0 Å². The quantitative estimate of drug-likeness (QED) is 0.379. The summed E-state index contributed by atoms with van der Waals surface area (Å²) in [7, 11) is -6.74. The average molecular weight is 223 g/mol. The van der Waals surface area contributed by atoms with Crippen LogP contribution in [-0.2, 0) is 37.7 Å². The van der Waals surface area contributed by atoms with Gasteiger partial charge in [-0.05, 0) is 0 Å². The number of hydrogen-bond acceptors (Lipinski definition) is 6. The van der Waals surface area contributed by atoms with Crippen molar-refractivity contribution in [3.8, 4) is 0 Å². The van der Waals surface area contributed by atoms with E-state index in [0.717, 1.165) is 0 Å². The first-order valence-corrected chi connectivity index (χ1v) is 3.29. The van der Waals surface area contributed by atoms with E-state index in [1.807, 2.05) is 0 Å². The Morgan fingerprint density at radius 3 is 0.778 bits per heavy atom. The van der Waals surface area contributed by atoms with Gasteiger partial charge in [-0.2, -0.15) is 0 Å². The minimum Gasteiger partial charge on any atom is -0.744 e. The zero-order valence-electron chi connectivity index (χ0n) is 4.05. The van der Waals surface area contributed by atoms with Gasteiger partial charge in [0.1, 0.15) is 0 Å². The molecule has 0 fully saturated rings. The second-order valence-electron chi connectivity index (χ2n) is 0.447. The van der Waals surface area contributed by atoms with Crippen LogP contribution in [0.5, 0.6) is 0 Å². The predicted molar refractivity (Wildman–Crippen MR) is 16.6 cm³/mol. The van der Waals surface area contributed by atoms with Gasteiger partial charge in [0.2, 0.25) is 15.8 Å². The summed E-state index contributed by atoms with van der Waals surface area (Å²) in [6.45, 7) is 0. The van der Waals surface area contributed by atoms with Crippen molar-refractivity contribution in [3.05, 3.63) is 0 Å². The molecule has 0 saturated heterocycles. The molecule has 0 N–H and O–H groups in total. The summed E-state index contributed by atoms with van der Waals surface area (Å²) in [5.74, 6) is 0. The molecule has 0 aromatic heterocycles. The maximum Gasteiger partial charge on any atom is 2.00 e. The van der Waals surface area contributed by atoms with Gasteiger partial charge in [-0.1, -0.05) is 0 Å². The van der Waals surface area contributed by atoms with Crippen LogP contribution in [0, 0.1) is 0 Å². The monoisotopic (exact) mass is 222 g/mol. The van der Waals surface area contributed by atoms with E-state index in [9.17, 15) is 0 Å². The third kappa shape index (κ3) is 2850. The average Bonchev–Trinajstić information content (AvgIpc) is 1.25. The molecule has 0 saturated carbocycles. The van der Waals surface area contributed by atoms with Gasteiger partial charge >= 0.3 is 19.5 Å². The second kappa shape index (κ2) is 11.2. The topological polar surface area (TPSA) is 114 Å². The molecule has 0 rings (SSSR count). The Kier molecular flexibility index (Phi) is 20.1. The van der Waals surface area contributed by atoms with Crippen molar-refractivity contribution in [2.24, 2.45) is 0 Å². The molecule has 0 spiro atoms. The largest absolute Gasteiger partial charge is 2.00 e. The van der Waals surface area contributed by atoms with E-state index in [2.05, 4.69) is 0 Å². The van der Waals surface area contributed by atoms with Crippen molar-refractivity contribution in [1.29, 1.82) is 0 Å². The summed E-state index contributed by atoms with van der Waals surface area (Å²) in [6, 6.07) is 0. The van der Waals surface area contributed by atoms with Gasteiger partial charge in [-0.15, -0.1) is 0 Å². The Morgan fingerprint density at radius 2 is 0.778 bits per heavy atom. The van der Waals surface area contributed by atoms with E-state index in [0.29, 0.717) is 0 Å². The first kappa shape index (κ1) is 16.2. The second-order valence-corrected chi connectivity index (χ2v) is 1.34. The molecule has 0 heterocycles. The van der Waals surface area contributed by atoms with E-state index >= 15 is 0 Å². The van der Waals surface area contributed by atoms with Crippen LogP contribution in [0.3, 0.4) is 0 Å². The normalized spacial score (nSPS) is 5.56. The van der Waals surface area contributed by atoms with Crippen LogP contribution in [0.15, 0.2) is 0 Å². The van der Waals surface area contributed by atoms with E-state index in [1.54, 1.807) is 0 Å². The van der Waals surface area contributed by atoms with Gasteiger partial charge in [0.15, 0.2) is 0 Å². The van der Waals surface area contributed by atoms with Crippen molar-refractivity contribution < 1.29 is 47.5 Å². The molecule has 6 nitrogen and oxygen atoms in total. The zero-order valence-corrected chi connectivity index (χ0v) is 8.81. The zero-order chi connectivity index (χ0) is 7.15. The Morgan fingerprint density at radius 1 is 0.778 bits per heavy atom. The molecule has 0 amide bonds. The molecule has 0 aromatic rings. The van der Waals surface area contributed by atoms with E-state index < -0.39 is 15.8 Å². The molecule has 0 aromatic carbocycles. The Labute approximate surface area is 63.8 Å². The summed E-state index contributed by atoms with van der Waals surface area (Å²) in [6.07, 6.45) is 0. The van der Waals surface area contributed by atoms with Gasteiger partial charge in [-0.3, -0.25) is 18.3 Å². The Bertz CT molecular complexity index is 128. The molecular formula is O6P2Zn. The smallest absolute Gasteiger partial charge is 0.744 e. The standard InChI is InChI=1S/2HO3P.Zn/c2*1-4(2)3;/h2*(H,1,2,3);/q;;+2/p-2. The minimum absolute atomic E-state index is 0. The summed E-state index contributed by atoms with van der Waals surface area (Å²) >= 11 is 0. The fourth-order valence-corrected chi connectivity index (χ4v) is 0. The maximum absolute atomic E-state index is 8.48. The van der Waals surface area contributed by atoms with Crippen LogP contribution in [-0.4, -0.2) is 0 Å². The summed E-state index contributed by atoms with van der Waals surface area (Å²) in [4.78, 5) is 17.0. The fraction of sp³-hybridized carbons (Fsp3) is 0. The van der Waals surface area contributed by atoms with Crippen LogP contribution in [0.2, 0.25) is 0 Å². The molecule has 0 bridgehead atoms. The van der Waals surface area contributed by atoms with Gasteiger partial charge < -0.3 is 9.79 Å². The number of rotatable bonds is 0. The van der Waals surface area contributed by atoms with Gasteiger partial charge in [-0.25, -0.2) is 0 Å². The molecule has 0 unspecified atom stereocenters. The SMILES string of the molecule is O=P(=O)[O-].O=P(=O)[O-].[Zn+2]. The van der Waals surface area contributed by atoms with Crippen LogP contribution in [0.25, 0.3) is 0 Å². The summed E-state index contributed by atoms with van der Waals surface area (Å²) < 4.78 is 33.9. The molecule has 9 heteroatoms. The number of hydrogen-bond donors (Lipinski definition) is 0. The molecule has 9 heavy (non-hydrogen) atoms. The summed E-state index contributed by atoms with van der Waals surface area (Å²) in [5, 5.41) is 0. The molecule has 0 atom stereocenters. The third-order valence-electron chi connectivity index (χ3n) is 0. The third-order valence-corrected chi connectivity index (χ3v) is 0. The maximum atomic E-state index is 8.48. The van der Waals surface area contributed by atoms with E-state index in [4.69, 9.17) is 28.0 Å². The Balaban J connectivity index is -0.0000000720. The first-order valence-electron chi connectivity index (χ1n) is 1.10. The van der Waals surface area contributed by atoms with Crippen molar-refractivity contribution in [1.82, 2.24) is 0 Å². The summed E-state index contributed by atoms with van der Waals surface area (Å²) in [5.41, 5.74) is 0. The molecule has 48 valence electrons. The molecule has 0 aliphatic heterocycles. The molecule has 0 aliphatic rings. The Hall–Kier alpha value is 0.343. The van der Waals surface area contributed by atoms with Gasteiger partial charge in [0, 0.05) is 0 Å².